The van der Waals surface area contributed by atoms with E-state index in [0.29, 0.717) is 29.8 Å². The minimum Gasteiger partial charge on any atom is -0.307 e. The fourth-order valence-electron chi connectivity index (χ4n) is 2.44. The van der Waals surface area contributed by atoms with E-state index in [1.165, 1.54) is 6.20 Å². The number of anilines is 1. The predicted octanol–water partition coefficient (Wildman–Crippen LogP) is 4.94. The number of alkyl halides is 2. The monoisotopic (exact) mass is 347 g/mol. The first-order valence-corrected chi connectivity index (χ1v) is 8.33. The Hall–Kier alpha value is -2.55. The van der Waals surface area contributed by atoms with Crippen LogP contribution in [0.25, 0.3) is 6.08 Å². The van der Waals surface area contributed by atoms with Crippen molar-refractivity contribution in [2.75, 3.05) is 5.32 Å². The van der Waals surface area contributed by atoms with E-state index in [1.54, 1.807) is 12.1 Å². The number of carbonyl (C=O) groups excluding carboxylic acids is 1. The van der Waals surface area contributed by atoms with Crippen molar-refractivity contribution >= 4 is 17.8 Å². The Morgan fingerprint density at radius 1 is 1.44 bits per heavy atom. The van der Waals surface area contributed by atoms with Crippen LogP contribution in [0.1, 0.15) is 50.7 Å². The predicted molar refractivity (Wildman–Crippen MR) is 95.1 cm³/mol. The average molecular weight is 347 g/mol. The summed E-state index contributed by atoms with van der Waals surface area (Å²) in [5.41, 5.74) is 0.957. The van der Waals surface area contributed by atoms with E-state index in [0.717, 1.165) is 6.08 Å². The molecular weight excluding hydrogens is 324 g/mol. The highest BCUT2D eigenvalue weighted by Crippen LogP contribution is 2.36. The van der Waals surface area contributed by atoms with Crippen molar-refractivity contribution in [3.63, 3.8) is 0 Å². The SMILES string of the molecule is C=CC(=O)Nc1cc(/C=C/C2CCC(F)(F)CC2)c(C#N)cn1.CC. The summed E-state index contributed by atoms with van der Waals surface area (Å²) in [6.45, 7) is 7.35. The van der Waals surface area contributed by atoms with Crippen molar-refractivity contribution in [1.29, 1.82) is 5.26 Å². The topological polar surface area (TPSA) is 65.8 Å². The lowest BCUT2D eigenvalue weighted by Crippen LogP contribution is -2.23. The highest BCUT2D eigenvalue weighted by atomic mass is 19.3. The van der Waals surface area contributed by atoms with E-state index < -0.39 is 11.8 Å². The molecule has 0 radical (unpaired) electrons. The van der Waals surface area contributed by atoms with Crippen LogP contribution in [0.3, 0.4) is 0 Å². The number of carbonyl (C=O) groups is 1. The quantitative estimate of drug-likeness (QED) is 0.784. The molecule has 1 aliphatic carbocycles. The lowest BCUT2D eigenvalue weighted by Gasteiger charge is -2.26. The van der Waals surface area contributed by atoms with E-state index in [4.69, 9.17) is 5.26 Å². The molecule has 1 saturated carbocycles. The zero-order chi connectivity index (χ0) is 18.9. The van der Waals surface area contributed by atoms with E-state index in [-0.39, 0.29) is 18.8 Å². The van der Waals surface area contributed by atoms with Gasteiger partial charge in [0.25, 0.3) is 0 Å². The largest absolute Gasteiger partial charge is 0.307 e. The first kappa shape index (κ1) is 20.5. The summed E-state index contributed by atoms with van der Waals surface area (Å²) in [4.78, 5) is 15.3. The van der Waals surface area contributed by atoms with Crippen molar-refractivity contribution in [2.45, 2.75) is 45.5 Å². The number of nitrogens with one attached hydrogen (secondary N) is 1. The van der Waals surface area contributed by atoms with Crippen LogP contribution in [0.5, 0.6) is 0 Å². The molecule has 0 saturated heterocycles. The van der Waals surface area contributed by atoms with Crippen LogP contribution in [0.15, 0.2) is 31.0 Å². The third-order valence-corrected chi connectivity index (χ3v) is 3.80. The van der Waals surface area contributed by atoms with Gasteiger partial charge in [0.1, 0.15) is 11.9 Å². The first-order chi connectivity index (χ1) is 11.9. The van der Waals surface area contributed by atoms with Crippen molar-refractivity contribution in [2.24, 2.45) is 5.92 Å². The van der Waals surface area contributed by atoms with Gasteiger partial charge in [-0.3, -0.25) is 4.79 Å². The van der Waals surface area contributed by atoms with Gasteiger partial charge in [-0.05, 0) is 36.5 Å². The number of rotatable bonds is 4. The third-order valence-electron chi connectivity index (χ3n) is 3.80. The minimum atomic E-state index is -2.55. The summed E-state index contributed by atoms with van der Waals surface area (Å²) < 4.78 is 26.3. The maximum absolute atomic E-state index is 13.1. The molecule has 6 heteroatoms. The summed E-state index contributed by atoms with van der Waals surface area (Å²) in [5.74, 6) is -2.57. The van der Waals surface area contributed by atoms with Crippen molar-refractivity contribution in [1.82, 2.24) is 4.98 Å². The molecule has 1 amide bonds. The normalized spacial score (nSPS) is 16.4. The van der Waals surface area contributed by atoms with Gasteiger partial charge in [-0.2, -0.15) is 5.26 Å². The molecule has 25 heavy (non-hydrogen) atoms. The van der Waals surface area contributed by atoms with Crippen LogP contribution in [0.4, 0.5) is 14.6 Å². The summed E-state index contributed by atoms with van der Waals surface area (Å²) in [7, 11) is 0. The van der Waals surface area contributed by atoms with Gasteiger partial charge in [0.05, 0.1) is 5.56 Å². The molecule has 0 aromatic carbocycles. The Morgan fingerprint density at radius 2 is 2.08 bits per heavy atom. The fraction of sp³-hybridized carbons (Fsp3) is 0.421. The first-order valence-electron chi connectivity index (χ1n) is 8.33. The van der Waals surface area contributed by atoms with Crippen LogP contribution < -0.4 is 5.32 Å². The van der Waals surface area contributed by atoms with Crippen LogP contribution in [0.2, 0.25) is 0 Å². The van der Waals surface area contributed by atoms with Crippen molar-refractivity contribution in [3.8, 4) is 6.07 Å². The van der Waals surface area contributed by atoms with E-state index >= 15 is 0 Å². The van der Waals surface area contributed by atoms with Crippen LogP contribution >= 0.6 is 0 Å². The summed E-state index contributed by atoms with van der Waals surface area (Å²) in [6, 6.07) is 3.60. The van der Waals surface area contributed by atoms with E-state index in [2.05, 4.69) is 16.9 Å². The maximum Gasteiger partial charge on any atom is 0.248 e. The second-order valence-corrected chi connectivity index (χ2v) is 5.51. The molecule has 1 aromatic rings. The average Bonchev–Trinajstić information content (AvgIpc) is 2.62. The Morgan fingerprint density at radius 3 is 2.64 bits per heavy atom. The van der Waals surface area contributed by atoms with Gasteiger partial charge < -0.3 is 5.32 Å². The number of allylic oxidation sites excluding steroid dienone is 1. The molecule has 1 aliphatic rings. The minimum absolute atomic E-state index is 0.0700. The molecule has 0 unspecified atom stereocenters. The fourth-order valence-corrected chi connectivity index (χ4v) is 2.44. The molecule has 2 rings (SSSR count). The number of halogens is 2. The van der Waals surface area contributed by atoms with Gasteiger partial charge in [0.2, 0.25) is 11.8 Å². The maximum atomic E-state index is 13.1. The third kappa shape index (κ3) is 6.46. The van der Waals surface area contributed by atoms with E-state index in [1.807, 2.05) is 26.0 Å². The summed E-state index contributed by atoms with van der Waals surface area (Å²) >= 11 is 0. The van der Waals surface area contributed by atoms with E-state index in [9.17, 15) is 13.6 Å². The lowest BCUT2D eigenvalue weighted by molar-refractivity contribution is -0.111. The second-order valence-electron chi connectivity index (χ2n) is 5.51. The molecule has 1 heterocycles. The lowest BCUT2D eigenvalue weighted by atomic mass is 9.86. The summed E-state index contributed by atoms with van der Waals surface area (Å²) in [6.07, 6.45) is 6.72. The van der Waals surface area contributed by atoms with Gasteiger partial charge in [0, 0.05) is 19.0 Å². The number of nitrogens with zero attached hydrogens (tertiary/aromatic N) is 2. The number of pyridine rings is 1. The molecule has 0 atom stereocenters. The number of hydrogen-bond donors (Lipinski definition) is 1. The highest BCUT2D eigenvalue weighted by molar-refractivity contribution is 5.98. The zero-order valence-corrected chi connectivity index (χ0v) is 14.6. The zero-order valence-electron chi connectivity index (χ0n) is 14.6. The molecule has 0 spiro atoms. The number of nitriles is 1. The second kappa shape index (κ2) is 9.67. The Labute approximate surface area is 147 Å². The van der Waals surface area contributed by atoms with Crippen molar-refractivity contribution < 1.29 is 13.6 Å². The van der Waals surface area contributed by atoms with Gasteiger partial charge >= 0.3 is 0 Å². The molecule has 1 N–H and O–H groups in total. The molecule has 134 valence electrons. The van der Waals surface area contributed by atoms with Gasteiger partial charge in [-0.25, -0.2) is 13.8 Å². The molecule has 4 nitrogen and oxygen atoms in total. The van der Waals surface area contributed by atoms with Crippen LogP contribution in [0, 0.1) is 17.2 Å². The highest BCUT2D eigenvalue weighted by Gasteiger charge is 2.33. The van der Waals surface area contributed by atoms with Gasteiger partial charge in [-0.1, -0.05) is 32.6 Å². The number of amides is 1. The standard InChI is InChI=1S/C17H17F2N3O.C2H6/c1-2-16(23)22-15-9-13(14(10-20)11-21-15)4-3-12-5-7-17(18,19)8-6-12;1-2/h2-4,9,11-12H,1,5-8H2,(H,21,22,23);1-2H3/b4-3+;. The Kier molecular flexibility index (Phi) is 7.93. The number of aromatic nitrogens is 1. The van der Waals surface area contributed by atoms with Crippen LogP contribution in [-0.4, -0.2) is 16.8 Å². The van der Waals surface area contributed by atoms with Crippen LogP contribution in [-0.2, 0) is 4.79 Å². The Balaban J connectivity index is 0.00000151. The van der Waals surface area contributed by atoms with Gasteiger partial charge in [0.15, 0.2) is 0 Å². The molecule has 0 aliphatic heterocycles. The molecular formula is C19H23F2N3O. The molecule has 0 bridgehead atoms. The smallest absolute Gasteiger partial charge is 0.248 e. The van der Waals surface area contributed by atoms with Gasteiger partial charge in [-0.15, -0.1) is 0 Å². The van der Waals surface area contributed by atoms with Crippen molar-refractivity contribution in [3.05, 3.63) is 42.1 Å². The number of hydrogen-bond acceptors (Lipinski definition) is 3. The molecule has 1 fully saturated rings. The Bertz CT molecular complexity index is 668. The molecule has 1 aromatic heterocycles. The summed E-state index contributed by atoms with van der Waals surface area (Å²) in [5, 5.41) is 11.6.